The van der Waals surface area contributed by atoms with Crippen molar-refractivity contribution in [2.45, 2.75) is 6.55 Å². The molecule has 0 amide bonds. The van der Waals surface area contributed by atoms with Gasteiger partial charge in [0.1, 0.15) is 0 Å². The molecule has 0 saturated carbocycles. The number of carbonyl (C=O) groups is 1. The highest BCUT2D eigenvalue weighted by molar-refractivity contribution is 6.69. The van der Waals surface area contributed by atoms with Gasteiger partial charge in [-0.2, -0.15) is 0 Å². The molecule has 0 aromatic rings. The minimum atomic E-state index is -0.715. The Morgan fingerprint density at radius 3 is 2.25 bits per heavy atom. The van der Waals surface area contributed by atoms with Crippen LogP contribution >= 0.6 is 0 Å². The van der Waals surface area contributed by atoms with E-state index in [2.05, 4.69) is 6.55 Å². The molecule has 0 fully saturated rings. The smallest absolute Gasteiger partial charge is 0.177 e. The molecule has 42 valence electrons. The van der Waals surface area contributed by atoms with Gasteiger partial charge in [-0.25, -0.2) is 0 Å². The molecule has 0 aromatic heterocycles. The van der Waals surface area contributed by atoms with E-state index in [0.717, 1.165) is 0 Å². The largest absolute Gasteiger partial charge is 0.290 e. The topological polar surface area (TPSA) is 17.1 Å². The van der Waals surface area contributed by atoms with E-state index < -0.39 is 8.80 Å². The Balaban J connectivity index is 2.68. The zero-order valence-electron chi connectivity index (χ0n) is 4.79. The second kappa shape index (κ2) is 2.09. The second-order valence-corrected chi connectivity index (χ2v) is 4.47. The van der Waals surface area contributed by atoms with E-state index in [4.69, 9.17) is 0 Å². The van der Waals surface area contributed by atoms with E-state index in [1.807, 2.05) is 11.4 Å². The van der Waals surface area contributed by atoms with E-state index in [1.165, 1.54) is 0 Å². The summed E-state index contributed by atoms with van der Waals surface area (Å²) < 4.78 is 0. The molecule has 0 aromatic carbocycles. The normalized spacial score (nSPS) is 19.9. The number of rotatable bonds is 0. The van der Waals surface area contributed by atoms with Gasteiger partial charge in [-0.1, -0.05) is 17.9 Å². The summed E-state index contributed by atoms with van der Waals surface area (Å²) in [5.41, 5.74) is 4.06. The van der Waals surface area contributed by atoms with Crippen LogP contribution in [0.3, 0.4) is 0 Å². The van der Waals surface area contributed by atoms with Crippen molar-refractivity contribution in [3.8, 4) is 0 Å². The van der Waals surface area contributed by atoms with Gasteiger partial charge in [0.05, 0.1) is 8.80 Å². The van der Waals surface area contributed by atoms with Crippen LogP contribution in [0.25, 0.3) is 0 Å². The van der Waals surface area contributed by atoms with E-state index in [1.54, 1.807) is 12.2 Å². The summed E-state index contributed by atoms with van der Waals surface area (Å²) in [4.78, 5) is 10.5. The lowest BCUT2D eigenvalue weighted by Gasteiger charge is -1.97. The Labute approximate surface area is 50.3 Å². The number of hydrogen-bond donors (Lipinski definition) is 0. The zero-order valence-corrected chi connectivity index (χ0v) is 5.95. The van der Waals surface area contributed by atoms with Gasteiger partial charge in [-0.3, -0.25) is 4.79 Å². The Bertz CT molecular complexity index is 142. The molecule has 0 N–H and O–H groups in total. The first kappa shape index (κ1) is 5.50. The van der Waals surface area contributed by atoms with Crippen LogP contribution in [0.4, 0.5) is 0 Å². The maximum absolute atomic E-state index is 10.5. The van der Waals surface area contributed by atoms with Crippen molar-refractivity contribution in [3.63, 3.8) is 0 Å². The van der Waals surface area contributed by atoms with E-state index in [-0.39, 0.29) is 5.78 Å². The van der Waals surface area contributed by atoms with Crippen LogP contribution in [0.5, 0.6) is 0 Å². The van der Waals surface area contributed by atoms with Gasteiger partial charge in [0.2, 0.25) is 0 Å². The van der Waals surface area contributed by atoms with Crippen LogP contribution in [0, 0.1) is 0 Å². The van der Waals surface area contributed by atoms with Crippen molar-refractivity contribution in [3.05, 3.63) is 23.6 Å². The first-order valence-corrected chi connectivity index (χ1v) is 5.18. The fraction of sp³-hybridized carbons (Fsp3) is 0.167. The Morgan fingerprint density at radius 1 is 1.38 bits per heavy atom. The summed E-state index contributed by atoms with van der Waals surface area (Å²) in [6.07, 6.45) is 3.33. The third kappa shape index (κ3) is 1.17. The quantitative estimate of drug-likeness (QED) is 0.433. The molecule has 1 rings (SSSR count). The van der Waals surface area contributed by atoms with Gasteiger partial charge < -0.3 is 0 Å². The molecule has 1 nitrogen and oxygen atoms in total. The van der Waals surface area contributed by atoms with Crippen molar-refractivity contribution < 1.29 is 4.79 Å². The van der Waals surface area contributed by atoms with Crippen LogP contribution in [0.1, 0.15) is 0 Å². The highest BCUT2D eigenvalue weighted by Crippen LogP contribution is 1.95. The van der Waals surface area contributed by atoms with Crippen molar-refractivity contribution >= 4 is 14.6 Å². The van der Waals surface area contributed by atoms with E-state index in [9.17, 15) is 4.79 Å². The molecule has 0 bridgehead atoms. The van der Waals surface area contributed by atoms with Gasteiger partial charge in [-0.15, -0.1) is 0 Å². The maximum atomic E-state index is 10.5. The summed E-state index contributed by atoms with van der Waals surface area (Å²) in [5, 5.41) is 0. The van der Waals surface area contributed by atoms with Crippen LogP contribution in [-0.2, 0) is 4.79 Å². The van der Waals surface area contributed by atoms with Gasteiger partial charge >= 0.3 is 0 Å². The minimum absolute atomic E-state index is 0.135. The monoisotopic (exact) mass is 124 g/mol. The number of ketones is 1. The molecule has 0 unspecified atom stereocenters. The fourth-order valence-electron chi connectivity index (χ4n) is 0.613. The molecule has 0 aliphatic carbocycles. The Kier molecular flexibility index (Phi) is 1.44. The standard InChI is InChI=1S/C6H8OSi/c1-8-4-2-6(7)3-5-8/h2-5,8H,1H3. The molecule has 2 heteroatoms. The summed E-state index contributed by atoms with van der Waals surface area (Å²) in [6.45, 7) is 2.18. The third-order valence-electron chi connectivity index (χ3n) is 1.13. The molecule has 0 spiro atoms. The summed E-state index contributed by atoms with van der Waals surface area (Å²) in [7, 11) is -0.715. The molecule has 8 heavy (non-hydrogen) atoms. The molecule has 1 heterocycles. The molecular formula is C6H8OSi. The predicted octanol–water partition coefficient (Wildman–Crippen LogP) is 0.617. The number of allylic oxidation sites excluding steroid dienone is 2. The average molecular weight is 124 g/mol. The van der Waals surface area contributed by atoms with Gasteiger partial charge in [0, 0.05) is 0 Å². The zero-order chi connectivity index (χ0) is 5.98. The fourth-order valence-corrected chi connectivity index (χ4v) is 1.73. The minimum Gasteiger partial charge on any atom is -0.290 e. The van der Waals surface area contributed by atoms with Crippen molar-refractivity contribution in [2.24, 2.45) is 0 Å². The van der Waals surface area contributed by atoms with Crippen LogP contribution in [-0.4, -0.2) is 14.6 Å². The predicted molar refractivity (Wildman–Crippen MR) is 36.3 cm³/mol. The van der Waals surface area contributed by atoms with Crippen molar-refractivity contribution in [1.82, 2.24) is 0 Å². The maximum Gasteiger partial charge on any atom is 0.177 e. The lowest BCUT2D eigenvalue weighted by atomic mass is 10.4. The first-order valence-electron chi connectivity index (χ1n) is 2.69. The van der Waals surface area contributed by atoms with Crippen LogP contribution in [0.15, 0.2) is 23.6 Å². The van der Waals surface area contributed by atoms with Gasteiger partial charge in [0.25, 0.3) is 0 Å². The third-order valence-corrected chi connectivity index (χ3v) is 2.73. The van der Waals surface area contributed by atoms with Crippen LogP contribution < -0.4 is 0 Å². The lowest BCUT2D eigenvalue weighted by Crippen LogP contribution is -2.05. The lowest BCUT2D eigenvalue weighted by molar-refractivity contribution is -0.110. The van der Waals surface area contributed by atoms with Gasteiger partial charge in [0.15, 0.2) is 5.78 Å². The summed E-state index contributed by atoms with van der Waals surface area (Å²) >= 11 is 0. The Hall–Kier alpha value is -0.633. The summed E-state index contributed by atoms with van der Waals surface area (Å²) in [6, 6.07) is 0. The highest BCUT2D eigenvalue weighted by atomic mass is 28.3. The van der Waals surface area contributed by atoms with Crippen molar-refractivity contribution in [1.29, 1.82) is 0 Å². The molecule has 0 atom stereocenters. The number of hydrogen-bond acceptors (Lipinski definition) is 1. The first-order chi connectivity index (χ1) is 3.79. The Morgan fingerprint density at radius 2 is 1.88 bits per heavy atom. The van der Waals surface area contributed by atoms with Crippen molar-refractivity contribution in [2.75, 3.05) is 0 Å². The molecule has 1 aliphatic rings. The van der Waals surface area contributed by atoms with E-state index in [0.29, 0.717) is 0 Å². The number of carbonyl (C=O) groups excluding carboxylic acids is 1. The molecule has 1 aliphatic heterocycles. The SMILES string of the molecule is C[SiH]1C=CC(=O)C=C1. The highest BCUT2D eigenvalue weighted by Gasteiger charge is 1.99. The average Bonchev–Trinajstić information content (AvgIpc) is 1.77. The second-order valence-electron chi connectivity index (χ2n) is 1.98. The van der Waals surface area contributed by atoms with Gasteiger partial charge in [-0.05, 0) is 12.2 Å². The molecule has 0 saturated heterocycles. The van der Waals surface area contributed by atoms with Crippen LogP contribution in [0.2, 0.25) is 6.55 Å². The molecular weight excluding hydrogens is 116 g/mol. The van der Waals surface area contributed by atoms with E-state index >= 15 is 0 Å². The summed E-state index contributed by atoms with van der Waals surface area (Å²) in [5.74, 6) is 0.135. The molecule has 0 radical (unpaired) electrons.